The number of ether oxygens (including phenoxy) is 1. The summed E-state index contributed by atoms with van der Waals surface area (Å²) in [7, 11) is 0. The maximum Gasteiger partial charge on any atom is 0.321 e. The maximum absolute atomic E-state index is 12.9. The lowest BCUT2D eigenvalue weighted by Crippen LogP contribution is -2.51. The number of amides is 3. The quantitative estimate of drug-likeness (QED) is 0.799. The molecule has 0 spiro atoms. The molecule has 2 aliphatic heterocycles. The van der Waals surface area contributed by atoms with Crippen molar-refractivity contribution in [2.24, 2.45) is 0 Å². The number of morpholine rings is 1. The Labute approximate surface area is 189 Å². The Kier molecular flexibility index (Phi) is 7.07. The number of rotatable bonds is 4. The van der Waals surface area contributed by atoms with E-state index in [2.05, 4.69) is 30.1 Å². The van der Waals surface area contributed by atoms with Crippen molar-refractivity contribution in [3.05, 3.63) is 65.7 Å². The van der Waals surface area contributed by atoms with Gasteiger partial charge >= 0.3 is 6.03 Å². The van der Waals surface area contributed by atoms with Crippen LogP contribution in [-0.4, -0.2) is 78.1 Å². The lowest BCUT2D eigenvalue weighted by molar-refractivity contribution is -0.0704. The van der Waals surface area contributed by atoms with Gasteiger partial charge in [-0.15, -0.1) is 0 Å². The number of nitrogens with zero attached hydrogens (tertiary/aromatic N) is 3. The van der Waals surface area contributed by atoms with Crippen LogP contribution in [0.3, 0.4) is 0 Å². The number of benzene rings is 2. The lowest BCUT2D eigenvalue weighted by Gasteiger charge is -2.36. The highest BCUT2D eigenvalue weighted by Gasteiger charge is 2.26. The minimum atomic E-state index is -0.118. The highest BCUT2D eigenvalue weighted by atomic mass is 16.5. The number of hydrogen-bond acceptors (Lipinski definition) is 4. The van der Waals surface area contributed by atoms with E-state index in [-0.39, 0.29) is 24.1 Å². The second kappa shape index (κ2) is 10.1. The number of carbonyl (C=O) groups excluding carboxylic acids is 2. The zero-order chi connectivity index (χ0) is 22.5. The molecule has 2 atom stereocenters. The van der Waals surface area contributed by atoms with Crippen molar-refractivity contribution in [2.45, 2.75) is 32.6 Å². The molecule has 0 radical (unpaired) electrons. The van der Waals surface area contributed by atoms with Crippen molar-refractivity contribution in [2.75, 3.05) is 44.6 Å². The van der Waals surface area contributed by atoms with Gasteiger partial charge in [0.1, 0.15) is 0 Å². The van der Waals surface area contributed by atoms with Crippen LogP contribution in [0.15, 0.2) is 54.6 Å². The number of carbonyl (C=O) groups is 2. The summed E-state index contributed by atoms with van der Waals surface area (Å²) < 4.78 is 5.84. The minimum Gasteiger partial charge on any atom is -0.373 e. The zero-order valence-corrected chi connectivity index (χ0v) is 18.9. The third kappa shape index (κ3) is 5.47. The molecule has 0 aromatic heterocycles. The molecular formula is C25H32N4O3. The van der Waals surface area contributed by atoms with E-state index in [1.807, 2.05) is 53.4 Å². The van der Waals surface area contributed by atoms with E-state index in [1.165, 1.54) is 0 Å². The SMILES string of the molecule is CC1CN(Cc2ccccc2NC(=O)N2CCN(C(=O)c3ccccc3)CC2)CC(C)O1. The summed E-state index contributed by atoms with van der Waals surface area (Å²) in [6.07, 6.45) is 0.408. The number of hydrogen-bond donors (Lipinski definition) is 1. The standard InChI is InChI=1S/C25H32N4O3/c1-19-16-27(17-20(2)32-19)18-22-10-6-7-11-23(22)26-25(31)29-14-12-28(13-15-29)24(30)21-8-4-3-5-9-21/h3-11,19-20H,12-18H2,1-2H3,(H,26,31). The van der Waals surface area contributed by atoms with Crippen molar-refractivity contribution in [3.63, 3.8) is 0 Å². The molecule has 2 aromatic rings. The highest BCUT2D eigenvalue weighted by Crippen LogP contribution is 2.21. The topological polar surface area (TPSA) is 65.1 Å². The van der Waals surface area contributed by atoms with Crippen LogP contribution in [0.1, 0.15) is 29.8 Å². The zero-order valence-electron chi connectivity index (χ0n) is 18.9. The van der Waals surface area contributed by atoms with Crippen LogP contribution in [0.25, 0.3) is 0 Å². The predicted octanol–water partition coefficient (Wildman–Crippen LogP) is 3.29. The summed E-state index contributed by atoms with van der Waals surface area (Å²) in [6.45, 7) is 8.83. The van der Waals surface area contributed by atoms with E-state index in [4.69, 9.17) is 4.74 Å². The molecule has 1 N–H and O–H groups in total. The van der Waals surface area contributed by atoms with E-state index < -0.39 is 0 Å². The first-order chi connectivity index (χ1) is 15.5. The van der Waals surface area contributed by atoms with Gasteiger partial charge in [0.25, 0.3) is 5.91 Å². The van der Waals surface area contributed by atoms with Crippen molar-refractivity contribution in [1.29, 1.82) is 0 Å². The summed E-state index contributed by atoms with van der Waals surface area (Å²) in [4.78, 5) is 31.5. The summed E-state index contributed by atoms with van der Waals surface area (Å²) in [5.74, 6) is 0.0185. The first-order valence-electron chi connectivity index (χ1n) is 11.4. The van der Waals surface area contributed by atoms with Gasteiger partial charge in [-0.1, -0.05) is 36.4 Å². The van der Waals surface area contributed by atoms with Crippen molar-refractivity contribution in [1.82, 2.24) is 14.7 Å². The largest absolute Gasteiger partial charge is 0.373 e. The fourth-order valence-corrected chi connectivity index (χ4v) is 4.50. The maximum atomic E-state index is 12.9. The Morgan fingerprint density at radius 1 is 0.875 bits per heavy atom. The highest BCUT2D eigenvalue weighted by molar-refractivity contribution is 5.94. The van der Waals surface area contributed by atoms with E-state index in [0.717, 1.165) is 30.9 Å². The molecule has 2 aromatic carbocycles. The lowest BCUT2D eigenvalue weighted by atomic mass is 10.1. The van der Waals surface area contributed by atoms with E-state index >= 15 is 0 Å². The predicted molar refractivity (Wildman–Crippen MR) is 125 cm³/mol. The summed E-state index contributed by atoms with van der Waals surface area (Å²) >= 11 is 0. The second-order valence-electron chi connectivity index (χ2n) is 8.68. The normalized spacial score (nSPS) is 21.9. The van der Waals surface area contributed by atoms with Crippen LogP contribution in [0.2, 0.25) is 0 Å². The van der Waals surface area contributed by atoms with Gasteiger partial charge in [0.15, 0.2) is 0 Å². The first-order valence-corrected chi connectivity index (χ1v) is 11.4. The first kappa shape index (κ1) is 22.3. The monoisotopic (exact) mass is 436 g/mol. The Morgan fingerprint density at radius 2 is 1.47 bits per heavy atom. The van der Waals surface area contributed by atoms with Crippen LogP contribution < -0.4 is 5.32 Å². The Morgan fingerprint density at radius 3 is 2.16 bits per heavy atom. The van der Waals surface area contributed by atoms with Crippen LogP contribution in [0, 0.1) is 0 Å². The molecule has 7 heteroatoms. The Bertz CT molecular complexity index is 918. The molecule has 3 amide bonds. The molecule has 2 unspecified atom stereocenters. The molecule has 32 heavy (non-hydrogen) atoms. The number of nitrogens with one attached hydrogen (secondary N) is 1. The Balaban J connectivity index is 1.33. The molecule has 4 rings (SSSR count). The number of anilines is 1. The minimum absolute atomic E-state index is 0.0185. The van der Waals surface area contributed by atoms with Crippen LogP contribution in [0.4, 0.5) is 10.5 Å². The van der Waals surface area contributed by atoms with Gasteiger partial charge < -0.3 is 19.9 Å². The van der Waals surface area contributed by atoms with E-state index in [1.54, 1.807) is 4.90 Å². The molecule has 2 aliphatic rings. The molecule has 0 bridgehead atoms. The van der Waals surface area contributed by atoms with Crippen LogP contribution in [0.5, 0.6) is 0 Å². The van der Waals surface area contributed by atoms with E-state index in [0.29, 0.717) is 31.7 Å². The fourth-order valence-electron chi connectivity index (χ4n) is 4.50. The van der Waals surface area contributed by atoms with Gasteiger partial charge in [0.2, 0.25) is 0 Å². The smallest absolute Gasteiger partial charge is 0.321 e. The van der Waals surface area contributed by atoms with Gasteiger partial charge in [-0.2, -0.15) is 0 Å². The third-order valence-corrected chi connectivity index (χ3v) is 6.02. The summed E-state index contributed by atoms with van der Waals surface area (Å²) in [5.41, 5.74) is 2.62. The number of para-hydroxylation sites is 1. The van der Waals surface area contributed by atoms with Gasteiger partial charge in [0.05, 0.1) is 12.2 Å². The summed E-state index contributed by atoms with van der Waals surface area (Å²) in [5, 5.41) is 3.09. The molecule has 7 nitrogen and oxygen atoms in total. The van der Waals surface area contributed by atoms with Crippen molar-refractivity contribution >= 4 is 17.6 Å². The Hall–Kier alpha value is -2.90. The molecule has 0 aliphatic carbocycles. The van der Waals surface area contributed by atoms with Crippen molar-refractivity contribution < 1.29 is 14.3 Å². The molecule has 2 saturated heterocycles. The number of piperazine rings is 1. The van der Waals surface area contributed by atoms with Gasteiger partial charge in [-0.3, -0.25) is 9.69 Å². The van der Waals surface area contributed by atoms with Crippen LogP contribution in [-0.2, 0) is 11.3 Å². The average Bonchev–Trinajstić information content (AvgIpc) is 2.80. The van der Waals surface area contributed by atoms with Gasteiger partial charge in [0, 0.05) is 57.1 Å². The summed E-state index contributed by atoms with van der Waals surface area (Å²) in [6, 6.07) is 17.1. The molecule has 2 heterocycles. The third-order valence-electron chi connectivity index (χ3n) is 6.02. The van der Waals surface area contributed by atoms with E-state index in [9.17, 15) is 9.59 Å². The molecular weight excluding hydrogens is 404 g/mol. The van der Waals surface area contributed by atoms with Gasteiger partial charge in [-0.25, -0.2) is 4.79 Å². The van der Waals surface area contributed by atoms with Gasteiger partial charge in [-0.05, 0) is 37.6 Å². The van der Waals surface area contributed by atoms with Crippen molar-refractivity contribution in [3.8, 4) is 0 Å². The molecule has 170 valence electrons. The number of urea groups is 1. The second-order valence-corrected chi connectivity index (χ2v) is 8.68. The molecule has 0 saturated carbocycles. The fraction of sp³-hybridized carbons (Fsp3) is 0.440. The average molecular weight is 437 g/mol. The van der Waals surface area contributed by atoms with Crippen LogP contribution >= 0.6 is 0 Å². The molecule has 2 fully saturated rings.